The van der Waals surface area contributed by atoms with Crippen molar-refractivity contribution in [3.8, 4) is 28.6 Å². The number of nitrogens with zero attached hydrogens (tertiary/aromatic N) is 3. The first-order chi connectivity index (χ1) is 18.5. The van der Waals surface area contributed by atoms with Crippen LogP contribution in [-0.2, 0) is 21.1 Å². The van der Waals surface area contributed by atoms with Crippen molar-refractivity contribution in [2.45, 2.75) is 39.5 Å². The summed E-state index contributed by atoms with van der Waals surface area (Å²) in [6, 6.07) is 34.1. The van der Waals surface area contributed by atoms with E-state index >= 15 is 0 Å². The monoisotopic (exact) mass is 690 g/mol. The third-order valence-corrected chi connectivity index (χ3v) is 6.94. The van der Waals surface area contributed by atoms with Gasteiger partial charge in [0.05, 0.1) is 0 Å². The van der Waals surface area contributed by atoms with Crippen LogP contribution < -0.4 is 4.74 Å². The molecule has 0 fully saturated rings. The fourth-order valence-electron chi connectivity index (χ4n) is 4.90. The van der Waals surface area contributed by atoms with Gasteiger partial charge in [-0.25, -0.2) is 21.1 Å². The van der Waals surface area contributed by atoms with Crippen LogP contribution >= 0.6 is 0 Å². The van der Waals surface area contributed by atoms with Crippen LogP contribution in [-0.4, -0.2) is 14.5 Å². The largest absolute Gasteiger partial charge is 2.00 e. The van der Waals surface area contributed by atoms with Gasteiger partial charge in [-0.15, -0.1) is 18.2 Å². The van der Waals surface area contributed by atoms with E-state index < -0.39 is 0 Å². The first kappa shape index (κ1) is 26.8. The normalized spacial score (nSPS) is 11.3. The Hall–Kier alpha value is -3.75. The summed E-state index contributed by atoms with van der Waals surface area (Å²) in [6.07, 6.45) is 3.65. The molecule has 0 atom stereocenters. The molecule has 0 aliphatic carbocycles. The SMILES string of the molecule is CC(C)c1ccnc(-n2c3[c-]c(-c4[c-]c(Oc5ncccc5C(C)C)ccc4)ccc3c3ccccc32)c1.[Pt+2]. The minimum absolute atomic E-state index is 0. The van der Waals surface area contributed by atoms with Crippen LogP contribution in [0.25, 0.3) is 38.8 Å². The zero-order valence-electron chi connectivity index (χ0n) is 22.4. The van der Waals surface area contributed by atoms with Gasteiger partial charge >= 0.3 is 21.1 Å². The van der Waals surface area contributed by atoms with Gasteiger partial charge in [0, 0.05) is 29.2 Å². The molecular weight excluding hydrogens is 661 g/mol. The minimum atomic E-state index is 0. The van der Waals surface area contributed by atoms with Crippen molar-refractivity contribution < 1.29 is 25.8 Å². The average molecular weight is 691 g/mol. The van der Waals surface area contributed by atoms with Crippen LogP contribution in [0.3, 0.4) is 0 Å². The Bertz CT molecular complexity index is 1770. The Morgan fingerprint density at radius 1 is 0.718 bits per heavy atom. The summed E-state index contributed by atoms with van der Waals surface area (Å²) in [5.74, 6) is 2.86. The van der Waals surface area contributed by atoms with Crippen molar-refractivity contribution in [2.24, 2.45) is 0 Å². The zero-order chi connectivity index (χ0) is 26.2. The molecule has 0 aliphatic rings. The fraction of sp³-hybridized carbons (Fsp3) is 0.176. The molecule has 3 heterocycles. The van der Waals surface area contributed by atoms with Gasteiger partial charge in [-0.3, -0.25) is 0 Å². The average Bonchev–Trinajstić information content (AvgIpc) is 3.27. The molecule has 0 N–H and O–H groups in total. The summed E-state index contributed by atoms with van der Waals surface area (Å²) in [5.41, 5.74) is 6.28. The number of hydrogen-bond donors (Lipinski definition) is 0. The van der Waals surface area contributed by atoms with Crippen LogP contribution in [0.1, 0.15) is 50.7 Å². The van der Waals surface area contributed by atoms with E-state index in [9.17, 15) is 0 Å². The third-order valence-electron chi connectivity index (χ3n) is 6.94. The van der Waals surface area contributed by atoms with E-state index in [2.05, 4.69) is 104 Å². The van der Waals surface area contributed by atoms with E-state index in [0.717, 1.165) is 38.9 Å². The molecule has 0 unspecified atom stereocenters. The summed E-state index contributed by atoms with van der Waals surface area (Å²) < 4.78 is 8.41. The molecule has 0 spiro atoms. The van der Waals surface area contributed by atoms with Gasteiger partial charge in [-0.05, 0) is 52.6 Å². The third kappa shape index (κ3) is 5.14. The van der Waals surface area contributed by atoms with Crippen molar-refractivity contribution in [1.82, 2.24) is 14.5 Å². The van der Waals surface area contributed by atoms with E-state index in [1.54, 1.807) is 6.20 Å². The van der Waals surface area contributed by atoms with E-state index in [4.69, 9.17) is 9.72 Å². The quantitative estimate of drug-likeness (QED) is 0.164. The maximum Gasteiger partial charge on any atom is 2.00 e. The van der Waals surface area contributed by atoms with Crippen LogP contribution in [0, 0.1) is 12.1 Å². The Morgan fingerprint density at radius 2 is 1.54 bits per heavy atom. The van der Waals surface area contributed by atoms with E-state index in [-0.39, 0.29) is 21.1 Å². The molecule has 5 heteroatoms. The van der Waals surface area contributed by atoms with Crippen LogP contribution in [0.2, 0.25) is 0 Å². The van der Waals surface area contributed by atoms with Crippen LogP contribution in [0.15, 0.2) is 91.3 Å². The molecule has 196 valence electrons. The van der Waals surface area contributed by atoms with Crippen molar-refractivity contribution in [1.29, 1.82) is 0 Å². The maximum absolute atomic E-state index is 6.20. The summed E-state index contributed by atoms with van der Waals surface area (Å²) in [7, 11) is 0. The van der Waals surface area contributed by atoms with Crippen molar-refractivity contribution in [2.75, 3.05) is 0 Å². The van der Waals surface area contributed by atoms with Gasteiger partial charge in [0.2, 0.25) is 5.88 Å². The summed E-state index contributed by atoms with van der Waals surface area (Å²) >= 11 is 0. The van der Waals surface area contributed by atoms with Gasteiger partial charge < -0.3 is 9.30 Å². The number of ether oxygens (including phenoxy) is 1. The van der Waals surface area contributed by atoms with Crippen molar-refractivity contribution in [3.63, 3.8) is 0 Å². The second-order valence-corrected chi connectivity index (χ2v) is 10.2. The summed E-state index contributed by atoms with van der Waals surface area (Å²) in [4.78, 5) is 9.23. The molecule has 0 saturated heterocycles. The number of pyridine rings is 2. The molecule has 6 rings (SSSR count). The molecule has 39 heavy (non-hydrogen) atoms. The molecule has 4 nitrogen and oxygen atoms in total. The van der Waals surface area contributed by atoms with E-state index in [1.807, 2.05) is 30.5 Å². The Kier molecular flexibility index (Phi) is 7.68. The Labute approximate surface area is 244 Å². The van der Waals surface area contributed by atoms with Gasteiger partial charge in [-0.1, -0.05) is 57.3 Å². The Balaban J connectivity index is 0.00000308. The number of benzene rings is 3. The number of hydrogen-bond acceptors (Lipinski definition) is 3. The Morgan fingerprint density at radius 3 is 2.36 bits per heavy atom. The molecule has 3 aromatic carbocycles. The van der Waals surface area contributed by atoms with Crippen LogP contribution in [0.4, 0.5) is 0 Å². The number of fused-ring (bicyclic) bond motifs is 3. The molecule has 0 bridgehead atoms. The smallest absolute Gasteiger partial charge is 0.460 e. The zero-order valence-corrected chi connectivity index (χ0v) is 24.7. The first-order valence-electron chi connectivity index (χ1n) is 13.1. The van der Waals surface area contributed by atoms with Crippen molar-refractivity contribution in [3.05, 3.63) is 115 Å². The fourth-order valence-corrected chi connectivity index (χ4v) is 4.90. The van der Waals surface area contributed by atoms with E-state index in [0.29, 0.717) is 23.5 Å². The van der Waals surface area contributed by atoms with Gasteiger partial charge in [0.15, 0.2) is 0 Å². The molecule has 0 radical (unpaired) electrons. The molecule has 0 saturated carbocycles. The summed E-state index contributed by atoms with van der Waals surface area (Å²) in [6.45, 7) is 8.68. The number of rotatable bonds is 6. The second kappa shape index (κ2) is 11.2. The van der Waals surface area contributed by atoms with Crippen LogP contribution in [0.5, 0.6) is 11.6 Å². The summed E-state index contributed by atoms with van der Waals surface area (Å²) in [5, 5.41) is 2.32. The predicted molar refractivity (Wildman–Crippen MR) is 154 cm³/mol. The number of para-hydroxylation sites is 1. The van der Waals surface area contributed by atoms with Crippen molar-refractivity contribution >= 4 is 21.8 Å². The molecule has 0 amide bonds. The first-order valence-corrected chi connectivity index (χ1v) is 13.1. The predicted octanol–water partition coefficient (Wildman–Crippen LogP) is 8.88. The van der Waals surface area contributed by atoms with Gasteiger partial charge in [0.25, 0.3) is 0 Å². The molecule has 6 aromatic rings. The second-order valence-electron chi connectivity index (χ2n) is 10.2. The minimum Gasteiger partial charge on any atom is -0.460 e. The molecule has 3 aromatic heterocycles. The molecule has 0 aliphatic heterocycles. The van der Waals surface area contributed by atoms with Gasteiger partial charge in [-0.2, -0.15) is 24.3 Å². The number of aromatic nitrogens is 3. The molecular formula is C34H29N3OPt. The standard InChI is InChI=1S/C34H29N3O.Pt/c1-22(2)24-16-18-35-33(21-24)37-31-13-6-5-11-29(31)30-15-14-26(20-32(30)37)25-9-7-10-27(19-25)38-34-28(23(3)4)12-8-17-36-34;/h5-18,21-23H,1-4H3;/q-2;+2. The van der Waals surface area contributed by atoms with Gasteiger partial charge in [0.1, 0.15) is 5.82 Å². The topological polar surface area (TPSA) is 39.9 Å². The van der Waals surface area contributed by atoms with E-state index in [1.165, 1.54) is 10.9 Å². The maximum atomic E-state index is 6.20.